The van der Waals surface area contributed by atoms with E-state index >= 15 is 0 Å². The molecule has 1 atom stereocenters. The Morgan fingerprint density at radius 2 is 1.89 bits per heavy atom. The first-order valence-electron chi connectivity index (χ1n) is 9.49. The SMILES string of the molecule is CC1CCCCN1S(=O)(=O)c1ccc(C(=O)Nc2cc(C(C)(C)C)on2)cc1. The van der Waals surface area contributed by atoms with Crippen LogP contribution in [-0.2, 0) is 15.4 Å². The highest BCUT2D eigenvalue weighted by atomic mass is 32.2. The summed E-state index contributed by atoms with van der Waals surface area (Å²) in [5, 5.41) is 6.54. The molecule has 8 heteroatoms. The Hall–Kier alpha value is -2.19. The van der Waals surface area contributed by atoms with Gasteiger partial charge in [-0.1, -0.05) is 32.3 Å². The van der Waals surface area contributed by atoms with Crippen LogP contribution in [0.1, 0.15) is 63.1 Å². The average Bonchev–Trinajstić information content (AvgIpc) is 3.11. The van der Waals surface area contributed by atoms with E-state index in [0.717, 1.165) is 19.3 Å². The molecule has 3 rings (SSSR count). The summed E-state index contributed by atoms with van der Waals surface area (Å²) in [7, 11) is -3.55. The molecule has 0 saturated carbocycles. The average molecular weight is 406 g/mol. The Bertz CT molecular complexity index is 943. The Balaban J connectivity index is 1.73. The molecule has 2 aromatic rings. The van der Waals surface area contributed by atoms with Crippen molar-refractivity contribution in [3.8, 4) is 0 Å². The summed E-state index contributed by atoms with van der Waals surface area (Å²) in [5.74, 6) is 0.623. The summed E-state index contributed by atoms with van der Waals surface area (Å²) >= 11 is 0. The van der Waals surface area contributed by atoms with E-state index in [1.807, 2.05) is 27.7 Å². The molecule has 1 aliphatic rings. The van der Waals surface area contributed by atoms with Gasteiger partial charge in [-0.05, 0) is 44.0 Å². The third-order valence-electron chi connectivity index (χ3n) is 4.96. The van der Waals surface area contributed by atoms with Gasteiger partial charge in [0.05, 0.1) is 4.90 Å². The van der Waals surface area contributed by atoms with Crippen LogP contribution >= 0.6 is 0 Å². The molecule has 1 saturated heterocycles. The molecule has 0 aliphatic carbocycles. The lowest BCUT2D eigenvalue weighted by Gasteiger charge is -2.32. The largest absolute Gasteiger partial charge is 0.359 e. The Kier molecular flexibility index (Phi) is 5.63. The van der Waals surface area contributed by atoms with Crippen LogP contribution in [0.4, 0.5) is 5.82 Å². The molecule has 1 aliphatic heterocycles. The van der Waals surface area contributed by atoms with Gasteiger partial charge in [0.15, 0.2) is 5.82 Å². The van der Waals surface area contributed by atoms with Crippen LogP contribution in [0.3, 0.4) is 0 Å². The highest BCUT2D eigenvalue weighted by molar-refractivity contribution is 7.89. The zero-order valence-corrected chi connectivity index (χ0v) is 17.5. The van der Waals surface area contributed by atoms with Gasteiger partial charge < -0.3 is 9.84 Å². The van der Waals surface area contributed by atoms with Crippen molar-refractivity contribution in [3.63, 3.8) is 0 Å². The lowest BCUT2D eigenvalue weighted by atomic mass is 9.93. The first-order chi connectivity index (χ1) is 13.1. The fraction of sp³-hybridized carbons (Fsp3) is 0.500. The number of hydrogen-bond acceptors (Lipinski definition) is 5. The molecule has 0 radical (unpaired) electrons. The van der Waals surface area contributed by atoms with Gasteiger partial charge >= 0.3 is 0 Å². The minimum Gasteiger partial charge on any atom is -0.359 e. The molecule has 0 bridgehead atoms. The van der Waals surface area contributed by atoms with E-state index in [2.05, 4.69) is 10.5 Å². The minimum atomic E-state index is -3.55. The molecule has 1 fully saturated rings. The summed E-state index contributed by atoms with van der Waals surface area (Å²) in [4.78, 5) is 12.6. The van der Waals surface area contributed by atoms with E-state index in [4.69, 9.17) is 4.52 Å². The van der Waals surface area contributed by atoms with E-state index in [-0.39, 0.29) is 22.3 Å². The Labute approximate surface area is 166 Å². The van der Waals surface area contributed by atoms with Crippen molar-refractivity contribution < 1.29 is 17.7 Å². The number of carbonyl (C=O) groups is 1. The van der Waals surface area contributed by atoms with Crippen molar-refractivity contribution in [2.24, 2.45) is 0 Å². The van der Waals surface area contributed by atoms with Gasteiger partial charge in [-0.2, -0.15) is 4.31 Å². The Morgan fingerprint density at radius 1 is 1.21 bits per heavy atom. The fourth-order valence-electron chi connectivity index (χ4n) is 3.22. The monoisotopic (exact) mass is 405 g/mol. The van der Waals surface area contributed by atoms with Crippen molar-refractivity contribution in [2.45, 2.75) is 63.3 Å². The number of benzene rings is 1. The summed E-state index contributed by atoms with van der Waals surface area (Å²) in [5.41, 5.74) is 0.142. The first kappa shape index (κ1) is 20.5. The molecule has 1 amide bonds. The third-order valence-corrected chi connectivity index (χ3v) is 6.98. The molecular weight excluding hydrogens is 378 g/mol. The van der Waals surface area contributed by atoms with Crippen molar-refractivity contribution in [1.82, 2.24) is 9.46 Å². The molecular formula is C20H27N3O4S. The van der Waals surface area contributed by atoms with Gasteiger partial charge in [-0.25, -0.2) is 8.42 Å². The Morgan fingerprint density at radius 3 is 2.46 bits per heavy atom. The molecule has 1 N–H and O–H groups in total. The van der Waals surface area contributed by atoms with Crippen LogP contribution in [0.15, 0.2) is 39.8 Å². The number of nitrogens with one attached hydrogen (secondary N) is 1. The van der Waals surface area contributed by atoms with E-state index in [1.165, 1.54) is 24.3 Å². The van der Waals surface area contributed by atoms with Gasteiger partial charge in [-0.15, -0.1) is 0 Å². The second-order valence-corrected chi connectivity index (χ2v) is 10.2. The smallest absolute Gasteiger partial charge is 0.256 e. The molecule has 7 nitrogen and oxygen atoms in total. The number of anilines is 1. The zero-order valence-electron chi connectivity index (χ0n) is 16.7. The topological polar surface area (TPSA) is 92.5 Å². The van der Waals surface area contributed by atoms with Crippen molar-refractivity contribution >= 4 is 21.7 Å². The number of carbonyl (C=O) groups excluding carboxylic acids is 1. The second-order valence-electron chi connectivity index (χ2n) is 8.27. The number of sulfonamides is 1. The molecule has 152 valence electrons. The lowest BCUT2D eigenvalue weighted by molar-refractivity contribution is 0.102. The van der Waals surface area contributed by atoms with E-state index in [9.17, 15) is 13.2 Å². The first-order valence-corrected chi connectivity index (χ1v) is 10.9. The number of aromatic nitrogens is 1. The number of hydrogen-bond donors (Lipinski definition) is 1. The maximum atomic E-state index is 12.9. The van der Waals surface area contributed by atoms with Crippen LogP contribution in [0, 0.1) is 0 Å². The fourth-order valence-corrected chi connectivity index (χ4v) is 4.92. The summed E-state index contributed by atoms with van der Waals surface area (Å²) in [6, 6.07) is 7.67. The molecule has 1 aromatic carbocycles. The standard InChI is InChI=1S/C20H27N3O4S/c1-14-7-5-6-12-23(14)28(25,26)16-10-8-15(9-11-16)19(24)21-18-13-17(27-22-18)20(2,3)4/h8-11,13-14H,5-7,12H2,1-4H3,(H,21,22,24). The van der Waals surface area contributed by atoms with Crippen molar-refractivity contribution in [3.05, 3.63) is 41.7 Å². The number of amides is 1. The number of rotatable bonds is 4. The summed E-state index contributed by atoms with van der Waals surface area (Å²) < 4.78 is 32.5. The van der Waals surface area contributed by atoms with Crippen molar-refractivity contribution in [1.29, 1.82) is 0 Å². The van der Waals surface area contributed by atoms with Crippen LogP contribution in [0.25, 0.3) is 0 Å². The van der Waals surface area contributed by atoms with Crippen LogP contribution in [0.5, 0.6) is 0 Å². The summed E-state index contributed by atoms with van der Waals surface area (Å²) in [6.07, 6.45) is 2.79. The molecule has 1 unspecified atom stereocenters. The molecule has 28 heavy (non-hydrogen) atoms. The highest BCUT2D eigenvalue weighted by Crippen LogP contribution is 2.26. The highest BCUT2D eigenvalue weighted by Gasteiger charge is 2.31. The van der Waals surface area contributed by atoms with E-state index in [0.29, 0.717) is 23.7 Å². The van der Waals surface area contributed by atoms with Crippen LogP contribution in [0.2, 0.25) is 0 Å². The van der Waals surface area contributed by atoms with Gasteiger partial charge in [0.25, 0.3) is 5.91 Å². The number of piperidine rings is 1. The predicted molar refractivity (Wildman–Crippen MR) is 107 cm³/mol. The number of nitrogens with zero attached hydrogens (tertiary/aromatic N) is 2. The lowest BCUT2D eigenvalue weighted by Crippen LogP contribution is -2.41. The third kappa shape index (κ3) is 4.28. The van der Waals surface area contributed by atoms with Gasteiger partial charge in [0.1, 0.15) is 5.76 Å². The minimum absolute atomic E-state index is 0.00842. The van der Waals surface area contributed by atoms with Crippen LogP contribution < -0.4 is 5.32 Å². The normalized spacial score (nSPS) is 18.8. The molecule has 1 aromatic heterocycles. The maximum absolute atomic E-state index is 12.9. The van der Waals surface area contributed by atoms with Crippen LogP contribution in [-0.4, -0.2) is 36.4 Å². The quantitative estimate of drug-likeness (QED) is 0.835. The zero-order chi connectivity index (χ0) is 20.5. The van der Waals surface area contributed by atoms with Crippen molar-refractivity contribution in [2.75, 3.05) is 11.9 Å². The second kappa shape index (κ2) is 7.67. The van der Waals surface area contributed by atoms with Gasteiger partial charge in [-0.3, -0.25) is 4.79 Å². The molecule has 0 spiro atoms. The summed E-state index contributed by atoms with van der Waals surface area (Å²) in [6.45, 7) is 8.43. The van der Waals surface area contributed by atoms with Gasteiger partial charge in [0.2, 0.25) is 10.0 Å². The molecule has 2 heterocycles. The predicted octanol–water partition coefficient (Wildman–Crippen LogP) is 3.79. The maximum Gasteiger partial charge on any atom is 0.256 e. The van der Waals surface area contributed by atoms with E-state index < -0.39 is 10.0 Å². The van der Waals surface area contributed by atoms with E-state index in [1.54, 1.807) is 10.4 Å². The van der Waals surface area contributed by atoms with Gasteiger partial charge in [0, 0.05) is 29.6 Å².